The van der Waals surface area contributed by atoms with E-state index in [0.717, 1.165) is 11.5 Å². The second-order valence-electron chi connectivity index (χ2n) is 4.72. The number of ether oxygens (including phenoxy) is 1. The van der Waals surface area contributed by atoms with Gasteiger partial charge in [0, 0.05) is 0 Å². The Kier molecular flexibility index (Phi) is 2.25. The molecule has 0 spiro atoms. The van der Waals surface area contributed by atoms with Gasteiger partial charge in [0.05, 0.1) is 0 Å². The van der Waals surface area contributed by atoms with E-state index < -0.39 is 18.4 Å². The van der Waals surface area contributed by atoms with E-state index in [1.165, 1.54) is 7.16 Å². The van der Waals surface area contributed by atoms with Crippen LogP contribution in [0.3, 0.4) is 0 Å². The molecule has 1 aliphatic rings. The van der Waals surface area contributed by atoms with Crippen LogP contribution >= 0.6 is 0 Å². The van der Waals surface area contributed by atoms with Crippen molar-refractivity contribution in [3.05, 3.63) is 48.5 Å². The molecule has 1 heterocycles. The molecule has 2 aromatic carbocycles. The summed E-state index contributed by atoms with van der Waals surface area (Å²) in [4.78, 5) is 4.91. The Morgan fingerprint density at radius 2 is 1.19 bits per heavy atom. The number of hydrogen-bond acceptors (Lipinski definition) is 1. The molecule has 0 aliphatic carbocycles. The van der Waals surface area contributed by atoms with E-state index in [4.69, 9.17) is 4.74 Å². The Hall–Kier alpha value is -0.961. The van der Waals surface area contributed by atoms with E-state index in [0.29, 0.717) is 0 Å². The molecular weight excluding hydrogens is 303 g/mol. The summed E-state index contributed by atoms with van der Waals surface area (Å²) in [5, 5.41) is 0. The second-order valence-corrected chi connectivity index (χ2v) is 17.1. The van der Waals surface area contributed by atoms with Crippen LogP contribution in [0.5, 0.6) is 11.5 Å². The summed E-state index contributed by atoms with van der Waals surface area (Å²) in [6, 6.07) is 17.0. The Morgan fingerprint density at radius 1 is 0.750 bits per heavy atom. The summed E-state index contributed by atoms with van der Waals surface area (Å²) in [5.41, 5.74) is 0. The standard InChI is InChI=1S/C12H8O.2CH3.Sn/c1-3-7-11(8-4-1)13-12-9-5-2-6-10-12;;;/h1-7,9H;2*1H3;. The van der Waals surface area contributed by atoms with Gasteiger partial charge in [-0.25, -0.2) is 0 Å². The molecule has 0 radical (unpaired) electrons. The minimum absolute atomic E-state index is 1.07. The Balaban J connectivity index is 2.28. The molecule has 0 saturated carbocycles. The third kappa shape index (κ3) is 1.38. The summed E-state index contributed by atoms with van der Waals surface area (Å²) in [6.45, 7) is 0. The van der Waals surface area contributed by atoms with Crippen LogP contribution in [-0.2, 0) is 0 Å². The van der Waals surface area contributed by atoms with E-state index in [1.54, 1.807) is 0 Å². The third-order valence-electron chi connectivity index (χ3n) is 3.34. The number of benzene rings is 2. The van der Waals surface area contributed by atoms with Crippen molar-refractivity contribution >= 4 is 25.5 Å². The number of hydrogen-bond donors (Lipinski definition) is 0. The fraction of sp³-hybridized carbons (Fsp3) is 0.143. The molecule has 0 aromatic heterocycles. The number of rotatable bonds is 0. The van der Waals surface area contributed by atoms with Crippen LogP contribution in [-0.4, -0.2) is 18.4 Å². The number of fused-ring (bicyclic) bond motifs is 2. The zero-order valence-electron chi connectivity index (χ0n) is 9.53. The summed E-state index contributed by atoms with van der Waals surface area (Å²) >= 11 is -2.36. The number of para-hydroxylation sites is 2. The second kappa shape index (κ2) is 3.52. The molecule has 16 heavy (non-hydrogen) atoms. The molecule has 1 nitrogen and oxygen atoms in total. The van der Waals surface area contributed by atoms with Gasteiger partial charge in [-0.2, -0.15) is 0 Å². The maximum atomic E-state index is 5.97. The molecule has 0 bridgehead atoms. The minimum atomic E-state index is -2.36. The molecule has 80 valence electrons. The van der Waals surface area contributed by atoms with Gasteiger partial charge in [0.1, 0.15) is 0 Å². The van der Waals surface area contributed by atoms with Crippen LogP contribution in [0.1, 0.15) is 0 Å². The van der Waals surface area contributed by atoms with Crippen molar-refractivity contribution in [3.8, 4) is 11.5 Å². The Bertz CT molecular complexity index is 498. The SMILES string of the molecule is [CH3][Sn]1([CH3])[c]2ccccc2Oc2cccc[c]21. The van der Waals surface area contributed by atoms with Crippen LogP contribution < -0.4 is 11.9 Å². The first kappa shape index (κ1) is 10.2. The molecule has 2 aromatic rings. The van der Waals surface area contributed by atoms with Gasteiger partial charge in [-0.05, 0) is 0 Å². The first-order chi connectivity index (χ1) is 7.69. The van der Waals surface area contributed by atoms with Crippen molar-refractivity contribution in [2.24, 2.45) is 0 Å². The summed E-state index contributed by atoms with van der Waals surface area (Å²) in [7, 11) is 0. The molecule has 3 rings (SSSR count). The van der Waals surface area contributed by atoms with Gasteiger partial charge in [-0.15, -0.1) is 0 Å². The van der Waals surface area contributed by atoms with Crippen LogP contribution in [0.25, 0.3) is 0 Å². The molecule has 0 saturated heterocycles. The molecule has 2 heteroatoms. The van der Waals surface area contributed by atoms with E-state index in [1.807, 2.05) is 0 Å². The fourth-order valence-corrected chi connectivity index (χ4v) is 10.4. The summed E-state index contributed by atoms with van der Waals surface area (Å²) < 4.78 is 8.90. The average molecular weight is 317 g/mol. The van der Waals surface area contributed by atoms with E-state index >= 15 is 0 Å². The average Bonchev–Trinajstić information content (AvgIpc) is 2.29. The normalized spacial score (nSPS) is 15.9. The topological polar surface area (TPSA) is 9.23 Å². The van der Waals surface area contributed by atoms with Gasteiger partial charge in [0.25, 0.3) is 0 Å². The van der Waals surface area contributed by atoms with Crippen molar-refractivity contribution in [2.45, 2.75) is 9.88 Å². The monoisotopic (exact) mass is 318 g/mol. The zero-order valence-corrected chi connectivity index (χ0v) is 12.4. The molecule has 0 amide bonds. The summed E-state index contributed by atoms with van der Waals surface area (Å²) in [6.07, 6.45) is 0. The van der Waals surface area contributed by atoms with Gasteiger partial charge in [0.15, 0.2) is 0 Å². The van der Waals surface area contributed by atoms with Gasteiger partial charge in [-0.1, -0.05) is 0 Å². The first-order valence-corrected chi connectivity index (χ1v) is 14.1. The third-order valence-corrected chi connectivity index (χ3v) is 13.4. The van der Waals surface area contributed by atoms with Gasteiger partial charge in [0.2, 0.25) is 0 Å². The van der Waals surface area contributed by atoms with E-state index in [9.17, 15) is 0 Å². The Morgan fingerprint density at radius 3 is 1.69 bits per heavy atom. The van der Waals surface area contributed by atoms with E-state index in [2.05, 4.69) is 58.4 Å². The quantitative estimate of drug-likeness (QED) is 0.679. The molecular formula is C14H14OSn. The van der Waals surface area contributed by atoms with Crippen molar-refractivity contribution in [1.82, 2.24) is 0 Å². The van der Waals surface area contributed by atoms with Crippen LogP contribution in [0.4, 0.5) is 0 Å². The fourth-order valence-electron chi connectivity index (χ4n) is 2.41. The van der Waals surface area contributed by atoms with Crippen molar-refractivity contribution in [2.75, 3.05) is 0 Å². The maximum absolute atomic E-state index is 5.97. The Labute approximate surface area is 99.9 Å². The predicted octanol–water partition coefficient (Wildman–Crippen LogP) is 2.61. The predicted molar refractivity (Wildman–Crippen MR) is 69.7 cm³/mol. The van der Waals surface area contributed by atoms with Crippen molar-refractivity contribution < 1.29 is 4.74 Å². The van der Waals surface area contributed by atoms with Crippen molar-refractivity contribution in [1.29, 1.82) is 0 Å². The first-order valence-electron chi connectivity index (χ1n) is 5.56. The molecule has 0 N–H and O–H groups in total. The summed E-state index contributed by atoms with van der Waals surface area (Å²) in [5.74, 6) is 2.14. The van der Waals surface area contributed by atoms with Crippen LogP contribution in [0, 0.1) is 0 Å². The molecule has 0 atom stereocenters. The zero-order chi connectivity index (χ0) is 11.2. The van der Waals surface area contributed by atoms with E-state index in [-0.39, 0.29) is 0 Å². The molecule has 0 unspecified atom stereocenters. The van der Waals surface area contributed by atoms with Gasteiger partial charge in [-0.3, -0.25) is 0 Å². The van der Waals surface area contributed by atoms with Crippen LogP contribution in [0.15, 0.2) is 48.5 Å². The van der Waals surface area contributed by atoms with Gasteiger partial charge >= 0.3 is 100 Å². The van der Waals surface area contributed by atoms with Gasteiger partial charge < -0.3 is 0 Å². The van der Waals surface area contributed by atoms with Crippen molar-refractivity contribution in [3.63, 3.8) is 0 Å². The molecule has 1 aliphatic heterocycles. The van der Waals surface area contributed by atoms with Crippen LogP contribution in [0.2, 0.25) is 9.88 Å². The molecule has 0 fully saturated rings.